The molecule has 0 aliphatic heterocycles. The van der Waals surface area contributed by atoms with E-state index < -0.39 is 6.10 Å². The van der Waals surface area contributed by atoms with Crippen LogP contribution in [0.5, 0.6) is 5.75 Å². The molecule has 0 aromatic heterocycles. The summed E-state index contributed by atoms with van der Waals surface area (Å²) in [5.74, 6) is 2.42. The summed E-state index contributed by atoms with van der Waals surface area (Å²) in [6.45, 7) is 2.27. The summed E-state index contributed by atoms with van der Waals surface area (Å²) in [5, 5.41) is 21.1. The summed E-state index contributed by atoms with van der Waals surface area (Å²) >= 11 is 0. The minimum atomic E-state index is -0.397. The zero-order chi connectivity index (χ0) is 15.5. The second-order valence-electron chi connectivity index (χ2n) is 7.76. The van der Waals surface area contributed by atoms with Gasteiger partial charge in [-0.1, -0.05) is 13.0 Å². The van der Waals surface area contributed by atoms with Crippen LogP contribution in [0.2, 0.25) is 0 Å². The van der Waals surface area contributed by atoms with E-state index in [9.17, 15) is 10.2 Å². The highest BCUT2D eigenvalue weighted by atomic mass is 16.5. The average molecular weight is 302 g/mol. The molecule has 120 valence electrons. The molecule has 1 aromatic rings. The third-order valence-corrected chi connectivity index (χ3v) is 6.93. The van der Waals surface area contributed by atoms with Crippen LogP contribution in [0.25, 0.3) is 0 Å². The maximum absolute atomic E-state index is 10.7. The Morgan fingerprint density at radius 2 is 1.95 bits per heavy atom. The van der Waals surface area contributed by atoms with Crippen molar-refractivity contribution in [2.75, 3.05) is 7.11 Å². The van der Waals surface area contributed by atoms with Gasteiger partial charge in [-0.2, -0.15) is 0 Å². The van der Waals surface area contributed by atoms with Crippen molar-refractivity contribution in [2.24, 2.45) is 17.3 Å². The SMILES string of the molecule is COc1ccc2c(c1)[C@H](O)C[C@@H]1[C@H]2CC[C@]2(C)[C@@H](O)CC[C@@H]12. The van der Waals surface area contributed by atoms with Gasteiger partial charge in [0.1, 0.15) is 5.75 Å². The summed E-state index contributed by atoms with van der Waals surface area (Å²) in [4.78, 5) is 0. The minimum absolute atomic E-state index is 0.0604. The van der Waals surface area contributed by atoms with Gasteiger partial charge >= 0.3 is 0 Å². The van der Waals surface area contributed by atoms with Crippen LogP contribution in [0.3, 0.4) is 0 Å². The van der Waals surface area contributed by atoms with Gasteiger partial charge in [0, 0.05) is 0 Å². The predicted octanol–water partition coefficient (Wildman–Crippen LogP) is 3.40. The number of hydrogen-bond acceptors (Lipinski definition) is 3. The van der Waals surface area contributed by atoms with E-state index in [0.29, 0.717) is 17.8 Å². The molecule has 0 saturated heterocycles. The number of rotatable bonds is 1. The smallest absolute Gasteiger partial charge is 0.119 e. The van der Waals surface area contributed by atoms with E-state index in [1.54, 1.807) is 7.11 Å². The van der Waals surface area contributed by atoms with Crippen molar-refractivity contribution < 1.29 is 14.9 Å². The molecule has 1 aromatic carbocycles. The van der Waals surface area contributed by atoms with Gasteiger partial charge in [-0.15, -0.1) is 0 Å². The van der Waals surface area contributed by atoms with Crippen LogP contribution in [0.15, 0.2) is 18.2 Å². The Balaban J connectivity index is 1.73. The molecule has 0 bridgehead atoms. The molecule has 2 N–H and O–H groups in total. The highest BCUT2D eigenvalue weighted by molar-refractivity contribution is 5.42. The second-order valence-corrected chi connectivity index (χ2v) is 7.76. The Kier molecular flexibility index (Phi) is 3.28. The minimum Gasteiger partial charge on any atom is -0.497 e. The number of ether oxygens (including phenoxy) is 1. The van der Waals surface area contributed by atoms with Gasteiger partial charge in [-0.05, 0) is 78.5 Å². The summed E-state index contributed by atoms with van der Waals surface area (Å²) in [5.41, 5.74) is 2.43. The van der Waals surface area contributed by atoms with Crippen LogP contribution in [0, 0.1) is 17.3 Å². The standard InChI is InChI=1S/C19H26O3/c1-19-8-7-13-12-4-3-11(22-2)9-15(12)17(20)10-14(13)16(19)5-6-18(19)21/h3-4,9,13-14,16-18,20-21H,5-8,10H2,1-2H3/t13-,14+,16-,17+,18-,19-/m0/s1. The highest BCUT2D eigenvalue weighted by Gasteiger charge is 2.55. The van der Waals surface area contributed by atoms with Crippen molar-refractivity contribution in [2.45, 2.75) is 57.2 Å². The van der Waals surface area contributed by atoms with E-state index in [1.165, 1.54) is 5.56 Å². The zero-order valence-electron chi connectivity index (χ0n) is 13.5. The topological polar surface area (TPSA) is 49.7 Å². The fourth-order valence-electron chi connectivity index (χ4n) is 5.67. The maximum Gasteiger partial charge on any atom is 0.119 e. The predicted molar refractivity (Wildman–Crippen MR) is 84.9 cm³/mol. The van der Waals surface area contributed by atoms with E-state index in [4.69, 9.17) is 4.74 Å². The summed E-state index contributed by atoms with van der Waals surface area (Å²) in [6.07, 6.45) is 4.53. The second kappa shape index (κ2) is 4.97. The average Bonchev–Trinajstić information content (AvgIpc) is 2.83. The molecule has 22 heavy (non-hydrogen) atoms. The molecule has 3 heteroatoms. The van der Waals surface area contributed by atoms with Crippen LogP contribution >= 0.6 is 0 Å². The van der Waals surface area contributed by atoms with E-state index in [-0.39, 0.29) is 11.5 Å². The monoisotopic (exact) mass is 302 g/mol. The fourth-order valence-corrected chi connectivity index (χ4v) is 5.67. The van der Waals surface area contributed by atoms with Gasteiger partial charge in [-0.3, -0.25) is 0 Å². The lowest BCUT2D eigenvalue weighted by molar-refractivity contribution is -0.0372. The number of aliphatic hydroxyl groups is 2. The molecule has 3 nitrogen and oxygen atoms in total. The number of hydrogen-bond donors (Lipinski definition) is 2. The first kappa shape index (κ1) is 14.5. The first-order valence-corrected chi connectivity index (χ1v) is 8.58. The molecule has 6 atom stereocenters. The molecule has 4 rings (SSSR count). The molecule has 3 aliphatic rings. The number of benzene rings is 1. The van der Waals surface area contributed by atoms with Crippen molar-refractivity contribution in [3.05, 3.63) is 29.3 Å². The van der Waals surface area contributed by atoms with Crippen molar-refractivity contribution >= 4 is 0 Å². The largest absolute Gasteiger partial charge is 0.497 e. The Labute approximate surface area is 132 Å². The number of methoxy groups -OCH3 is 1. The van der Waals surface area contributed by atoms with Crippen LogP contribution in [0.1, 0.15) is 62.2 Å². The zero-order valence-corrected chi connectivity index (χ0v) is 13.5. The molecule has 0 heterocycles. The Hall–Kier alpha value is -1.06. The van der Waals surface area contributed by atoms with Gasteiger partial charge < -0.3 is 14.9 Å². The van der Waals surface area contributed by atoms with E-state index >= 15 is 0 Å². The van der Waals surface area contributed by atoms with Crippen LogP contribution in [0.4, 0.5) is 0 Å². The van der Waals surface area contributed by atoms with Gasteiger partial charge in [0.2, 0.25) is 0 Å². The van der Waals surface area contributed by atoms with Gasteiger partial charge in [0.25, 0.3) is 0 Å². The summed E-state index contributed by atoms with van der Waals surface area (Å²) in [6, 6.07) is 6.18. The Bertz CT molecular complexity index is 584. The van der Waals surface area contributed by atoms with Gasteiger partial charge in [0.05, 0.1) is 19.3 Å². The van der Waals surface area contributed by atoms with Gasteiger partial charge in [0.15, 0.2) is 0 Å². The Morgan fingerprint density at radius 1 is 1.14 bits per heavy atom. The van der Waals surface area contributed by atoms with E-state index in [0.717, 1.165) is 43.4 Å². The van der Waals surface area contributed by atoms with Crippen LogP contribution < -0.4 is 4.74 Å². The molecule has 2 fully saturated rings. The van der Waals surface area contributed by atoms with E-state index in [2.05, 4.69) is 13.0 Å². The third kappa shape index (κ3) is 1.88. The quantitative estimate of drug-likeness (QED) is 0.836. The first-order valence-electron chi connectivity index (χ1n) is 8.58. The number of aliphatic hydroxyl groups excluding tert-OH is 2. The molecular formula is C19H26O3. The first-order chi connectivity index (χ1) is 10.5. The summed E-state index contributed by atoms with van der Waals surface area (Å²) in [7, 11) is 1.67. The molecule has 2 saturated carbocycles. The highest BCUT2D eigenvalue weighted by Crippen LogP contribution is 2.62. The summed E-state index contributed by atoms with van der Waals surface area (Å²) < 4.78 is 5.32. The molecule has 0 amide bonds. The van der Waals surface area contributed by atoms with Crippen LogP contribution in [-0.4, -0.2) is 23.4 Å². The normalized spacial score (nSPS) is 43.2. The number of fused-ring (bicyclic) bond motifs is 5. The molecule has 3 aliphatic carbocycles. The lowest BCUT2D eigenvalue weighted by atomic mass is 9.55. The fraction of sp³-hybridized carbons (Fsp3) is 0.684. The van der Waals surface area contributed by atoms with Crippen molar-refractivity contribution in [1.82, 2.24) is 0 Å². The van der Waals surface area contributed by atoms with Gasteiger partial charge in [-0.25, -0.2) is 0 Å². The molecular weight excluding hydrogens is 276 g/mol. The van der Waals surface area contributed by atoms with E-state index in [1.807, 2.05) is 12.1 Å². The third-order valence-electron chi connectivity index (χ3n) is 6.93. The lowest BCUT2D eigenvalue weighted by Crippen LogP contribution is -2.44. The maximum atomic E-state index is 10.7. The molecule has 0 radical (unpaired) electrons. The van der Waals surface area contributed by atoms with Crippen molar-refractivity contribution in [3.63, 3.8) is 0 Å². The van der Waals surface area contributed by atoms with Crippen molar-refractivity contribution in [1.29, 1.82) is 0 Å². The molecule has 0 unspecified atom stereocenters. The molecule has 0 spiro atoms. The van der Waals surface area contributed by atoms with Crippen molar-refractivity contribution in [3.8, 4) is 5.75 Å². The van der Waals surface area contributed by atoms with Crippen LogP contribution in [-0.2, 0) is 0 Å². The Morgan fingerprint density at radius 3 is 2.73 bits per heavy atom. The lowest BCUT2D eigenvalue weighted by Gasteiger charge is -2.50.